The molecule has 4 rings (SSSR count). The van der Waals surface area contributed by atoms with Crippen LogP contribution in [0.2, 0.25) is 0 Å². The summed E-state index contributed by atoms with van der Waals surface area (Å²) in [4.78, 5) is 12.2. The standard InChI is InChI=1S/C20H23N5O3S/c1-25-13-22-23-20(25)29-9-8-21-19(26)18-11-17(28-24-18)12-27-16-7-6-14-4-2-3-5-15(14)10-16/h6-7,10-11,13H,2-5,8-9,12H2,1H3,(H,21,26). The van der Waals surface area contributed by atoms with E-state index < -0.39 is 0 Å². The van der Waals surface area contributed by atoms with Gasteiger partial charge in [0.2, 0.25) is 0 Å². The second kappa shape index (κ2) is 9.13. The van der Waals surface area contributed by atoms with Gasteiger partial charge in [0.15, 0.2) is 16.6 Å². The summed E-state index contributed by atoms with van der Waals surface area (Å²) in [5, 5.41) is 15.3. The van der Waals surface area contributed by atoms with E-state index in [2.05, 4.69) is 32.8 Å². The van der Waals surface area contributed by atoms with E-state index in [0.717, 1.165) is 23.7 Å². The summed E-state index contributed by atoms with van der Waals surface area (Å²) in [5.74, 6) is 1.74. The molecule has 0 spiro atoms. The first-order valence-electron chi connectivity index (χ1n) is 9.64. The minimum atomic E-state index is -0.271. The first-order valence-corrected chi connectivity index (χ1v) is 10.6. The maximum absolute atomic E-state index is 12.2. The number of ether oxygens (including phenoxy) is 1. The van der Waals surface area contributed by atoms with Crippen LogP contribution in [0.3, 0.4) is 0 Å². The van der Waals surface area contributed by atoms with Crippen molar-refractivity contribution in [2.24, 2.45) is 7.05 Å². The molecule has 2 aromatic heterocycles. The lowest BCUT2D eigenvalue weighted by atomic mass is 9.92. The van der Waals surface area contributed by atoms with Crippen molar-refractivity contribution >= 4 is 17.7 Å². The molecule has 1 N–H and O–H groups in total. The Morgan fingerprint density at radius 3 is 2.97 bits per heavy atom. The molecule has 1 amide bonds. The second-order valence-electron chi connectivity index (χ2n) is 6.93. The van der Waals surface area contributed by atoms with Crippen molar-refractivity contribution in [3.8, 4) is 5.75 Å². The molecule has 0 radical (unpaired) electrons. The van der Waals surface area contributed by atoms with Crippen LogP contribution in [0.5, 0.6) is 5.75 Å². The van der Waals surface area contributed by atoms with Gasteiger partial charge >= 0.3 is 0 Å². The summed E-state index contributed by atoms with van der Waals surface area (Å²) in [6.45, 7) is 0.727. The van der Waals surface area contributed by atoms with Crippen molar-refractivity contribution in [2.45, 2.75) is 37.4 Å². The van der Waals surface area contributed by atoms with E-state index in [1.807, 2.05) is 17.7 Å². The maximum Gasteiger partial charge on any atom is 0.273 e. The Kier molecular flexibility index (Phi) is 6.14. The van der Waals surface area contributed by atoms with Crippen LogP contribution in [-0.2, 0) is 26.5 Å². The summed E-state index contributed by atoms with van der Waals surface area (Å²) >= 11 is 1.52. The fourth-order valence-electron chi connectivity index (χ4n) is 3.24. The van der Waals surface area contributed by atoms with E-state index in [9.17, 15) is 4.79 Å². The Bertz CT molecular complexity index is 984. The first-order chi connectivity index (χ1) is 14.2. The molecule has 2 heterocycles. The number of hydrogen-bond acceptors (Lipinski definition) is 7. The normalized spacial score (nSPS) is 13.1. The minimum Gasteiger partial charge on any atom is -0.486 e. The Hall–Kier alpha value is -2.81. The number of hydrogen-bond donors (Lipinski definition) is 1. The largest absolute Gasteiger partial charge is 0.486 e. The van der Waals surface area contributed by atoms with E-state index >= 15 is 0 Å². The molecule has 0 saturated carbocycles. The zero-order valence-corrected chi connectivity index (χ0v) is 17.1. The van der Waals surface area contributed by atoms with E-state index in [4.69, 9.17) is 9.26 Å². The highest BCUT2D eigenvalue weighted by molar-refractivity contribution is 7.99. The second-order valence-corrected chi connectivity index (χ2v) is 8.00. The molecule has 8 nitrogen and oxygen atoms in total. The third-order valence-corrected chi connectivity index (χ3v) is 5.82. The van der Waals surface area contributed by atoms with Gasteiger partial charge < -0.3 is 19.1 Å². The van der Waals surface area contributed by atoms with Gasteiger partial charge in [0, 0.05) is 25.4 Å². The van der Waals surface area contributed by atoms with Crippen molar-refractivity contribution in [3.05, 3.63) is 53.2 Å². The number of benzene rings is 1. The van der Waals surface area contributed by atoms with Crippen molar-refractivity contribution in [2.75, 3.05) is 12.3 Å². The molecule has 0 atom stereocenters. The van der Waals surface area contributed by atoms with E-state index in [0.29, 0.717) is 18.1 Å². The molecule has 1 aliphatic carbocycles. The molecule has 29 heavy (non-hydrogen) atoms. The quantitative estimate of drug-likeness (QED) is 0.448. The van der Waals surface area contributed by atoms with Crippen molar-refractivity contribution in [1.82, 2.24) is 25.2 Å². The molecule has 0 unspecified atom stereocenters. The Balaban J connectivity index is 1.23. The number of nitrogens with one attached hydrogen (secondary N) is 1. The Morgan fingerprint density at radius 2 is 2.14 bits per heavy atom. The van der Waals surface area contributed by atoms with Crippen LogP contribution < -0.4 is 10.1 Å². The van der Waals surface area contributed by atoms with Crippen molar-refractivity contribution in [1.29, 1.82) is 0 Å². The number of thioether (sulfide) groups is 1. The topological polar surface area (TPSA) is 95.1 Å². The fourth-order valence-corrected chi connectivity index (χ4v) is 3.99. The molecule has 0 saturated heterocycles. The van der Waals surface area contributed by atoms with Gasteiger partial charge in [-0.2, -0.15) is 0 Å². The SMILES string of the molecule is Cn1cnnc1SCCNC(=O)c1cc(COc2ccc3c(c2)CCCC3)on1. The van der Waals surface area contributed by atoms with Gasteiger partial charge in [-0.25, -0.2) is 0 Å². The molecule has 1 aliphatic rings. The van der Waals surface area contributed by atoms with Gasteiger partial charge in [0.05, 0.1) is 0 Å². The molecule has 0 fully saturated rings. The Labute approximate surface area is 173 Å². The lowest BCUT2D eigenvalue weighted by Gasteiger charge is -2.16. The van der Waals surface area contributed by atoms with E-state index in [1.54, 1.807) is 12.4 Å². The van der Waals surface area contributed by atoms with Gasteiger partial charge in [0.25, 0.3) is 5.91 Å². The van der Waals surface area contributed by atoms with Crippen LogP contribution >= 0.6 is 11.8 Å². The molecule has 0 aliphatic heterocycles. The van der Waals surface area contributed by atoms with Crippen molar-refractivity contribution in [3.63, 3.8) is 0 Å². The number of nitrogens with zero attached hydrogens (tertiary/aromatic N) is 4. The van der Waals surface area contributed by atoms with Gasteiger partial charge in [-0.05, 0) is 48.9 Å². The molecule has 1 aromatic carbocycles. The summed E-state index contributed by atoms with van der Waals surface area (Å²) in [6, 6.07) is 7.85. The van der Waals surface area contributed by atoms with Gasteiger partial charge in [0.1, 0.15) is 18.7 Å². The molecular formula is C20H23N5O3S. The number of rotatable bonds is 8. The van der Waals surface area contributed by atoms with Gasteiger partial charge in [-0.15, -0.1) is 10.2 Å². The average Bonchev–Trinajstić information content (AvgIpc) is 3.38. The molecule has 3 aromatic rings. The highest BCUT2D eigenvalue weighted by Crippen LogP contribution is 2.25. The maximum atomic E-state index is 12.2. The average molecular weight is 414 g/mol. The first kappa shape index (κ1) is 19.5. The monoisotopic (exact) mass is 413 g/mol. The summed E-state index contributed by atoms with van der Waals surface area (Å²) in [6.07, 6.45) is 6.38. The number of aryl methyl sites for hydroxylation is 3. The van der Waals surface area contributed by atoms with Crippen LogP contribution in [0.15, 0.2) is 40.3 Å². The smallest absolute Gasteiger partial charge is 0.273 e. The third-order valence-electron chi connectivity index (χ3n) is 4.78. The summed E-state index contributed by atoms with van der Waals surface area (Å²) in [7, 11) is 1.88. The molecule has 0 bridgehead atoms. The van der Waals surface area contributed by atoms with Crippen LogP contribution in [0.1, 0.15) is 40.2 Å². The van der Waals surface area contributed by atoms with Crippen LogP contribution in [0.4, 0.5) is 0 Å². The molecular weight excluding hydrogens is 390 g/mol. The van der Waals surface area contributed by atoms with Crippen molar-refractivity contribution < 1.29 is 14.1 Å². The molecule has 9 heteroatoms. The number of fused-ring (bicyclic) bond motifs is 1. The number of carbonyl (C=O) groups is 1. The zero-order valence-electron chi connectivity index (χ0n) is 16.3. The predicted molar refractivity (Wildman–Crippen MR) is 108 cm³/mol. The summed E-state index contributed by atoms with van der Waals surface area (Å²) < 4.78 is 12.9. The number of amides is 1. The lowest BCUT2D eigenvalue weighted by molar-refractivity contribution is 0.0947. The number of carbonyl (C=O) groups excluding carboxylic acids is 1. The molecule has 152 valence electrons. The summed E-state index contributed by atoms with van der Waals surface area (Å²) in [5.41, 5.74) is 3.03. The number of aromatic nitrogens is 4. The highest BCUT2D eigenvalue weighted by Gasteiger charge is 2.14. The van der Waals surface area contributed by atoms with Crippen LogP contribution in [-0.4, -0.2) is 38.1 Å². The van der Waals surface area contributed by atoms with E-state index in [-0.39, 0.29) is 18.2 Å². The van der Waals surface area contributed by atoms with E-state index in [1.165, 1.54) is 35.7 Å². The van der Waals surface area contributed by atoms with Crippen LogP contribution in [0, 0.1) is 0 Å². The fraction of sp³-hybridized carbons (Fsp3) is 0.400. The Morgan fingerprint density at radius 1 is 1.28 bits per heavy atom. The van der Waals surface area contributed by atoms with Gasteiger partial charge in [-0.1, -0.05) is 23.0 Å². The minimum absolute atomic E-state index is 0.237. The van der Waals surface area contributed by atoms with Crippen LogP contribution in [0.25, 0.3) is 0 Å². The lowest BCUT2D eigenvalue weighted by Crippen LogP contribution is -2.26. The van der Waals surface area contributed by atoms with Gasteiger partial charge in [-0.3, -0.25) is 4.79 Å². The highest BCUT2D eigenvalue weighted by atomic mass is 32.2. The predicted octanol–water partition coefficient (Wildman–Crippen LogP) is 2.78. The zero-order chi connectivity index (χ0) is 20.1. The third kappa shape index (κ3) is 4.97.